The summed E-state index contributed by atoms with van der Waals surface area (Å²) >= 11 is 0. The van der Waals surface area contributed by atoms with Gasteiger partial charge in [-0.2, -0.15) is 0 Å². The topological polar surface area (TPSA) is 99.1 Å². The molecule has 0 radical (unpaired) electrons. The molecule has 0 aliphatic carbocycles. The Kier molecular flexibility index (Phi) is 5.77. The van der Waals surface area contributed by atoms with Crippen LogP contribution in [0.1, 0.15) is 5.69 Å². The lowest BCUT2D eigenvalue weighted by atomic mass is 10.0. The molecule has 0 bridgehead atoms. The molecule has 2 aromatic heterocycles. The monoisotopic (exact) mass is 444 g/mol. The van der Waals surface area contributed by atoms with E-state index >= 15 is 0 Å². The molecular weight excluding hydrogens is 423 g/mol. The molecule has 0 saturated carbocycles. The first-order valence-corrected chi connectivity index (χ1v) is 10.5. The van der Waals surface area contributed by atoms with Crippen LogP contribution in [0, 0.1) is 5.82 Å². The number of aromatic hydroxyl groups is 1. The predicted octanol–water partition coefficient (Wildman–Crippen LogP) is 3.75. The molecule has 8 nitrogen and oxygen atoms in total. The summed E-state index contributed by atoms with van der Waals surface area (Å²) in [6.07, 6.45) is 4.76. The third-order valence-electron chi connectivity index (χ3n) is 5.33. The Morgan fingerprint density at radius 2 is 1.82 bits per heavy atom. The molecule has 3 heterocycles. The van der Waals surface area contributed by atoms with Gasteiger partial charge in [0.2, 0.25) is 11.9 Å². The van der Waals surface area contributed by atoms with Crippen LogP contribution in [0.25, 0.3) is 22.2 Å². The predicted molar refractivity (Wildman–Crippen MR) is 124 cm³/mol. The third kappa shape index (κ3) is 4.44. The van der Waals surface area contributed by atoms with E-state index in [1.54, 1.807) is 48.8 Å². The molecule has 2 N–H and O–H groups in total. The molecular formula is C24H21FN6O2. The number of oxazole rings is 1. The highest BCUT2D eigenvalue weighted by atomic mass is 19.1. The van der Waals surface area contributed by atoms with Crippen LogP contribution in [-0.4, -0.2) is 58.3 Å². The fraction of sp³-hybridized carbons (Fsp3) is 0.167. The van der Waals surface area contributed by atoms with Crippen molar-refractivity contribution in [2.75, 3.05) is 26.2 Å². The lowest BCUT2D eigenvalue weighted by Crippen LogP contribution is -2.46. The maximum Gasteiger partial charge on any atom is 0.312 e. The number of piperazine rings is 1. The van der Waals surface area contributed by atoms with E-state index in [1.165, 1.54) is 12.3 Å². The summed E-state index contributed by atoms with van der Waals surface area (Å²) in [6.45, 7) is 3.14. The van der Waals surface area contributed by atoms with E-state index in [2.05, 4.69) is 30.2 Å². The Labute approximate surface area is 189 Å². The molecule has 5 rings (SSSR count). The van der Waals surface area contributed by atoms with Crippen LogP contribution >= 0.6 is 0 Å². The molecule has 1 aliphatic rings. The molecule has 0 atom stereocenters. The number of nitrogens with one attached hydrogen (secondary N) is 1. The maximum atomic E-state index is 14.2. The molecule has 2 aromatic carbocycles. The van der Waals surface area contributed by atoms with E-state index in [0.717, 1.165) is 31.9 Å². The zero-order chi connectivity index (χ0) is 22.6. The Bertz CT molecular complexity index is 1330. The van der Waals surface area contributed by atoms with Gasteiger partial charge in [0.05, 0.1) is 11.9 Å². The van der Waals surface area contributed by atoms with E-state index in [-0.39, 0.29) is 23.3 Å². The lowest BCUT2D eigenvalue weighted by Gasteiger charge is -2.28. The van der Waals surface area contributed by atoms with Gasteiger partial charge in [0.15, 0.2) is 5.69 Å². The molecule has 0 spiro atoms. The molecule has 9 heteroatoms. The zero-order valence-corrected chi connectivity index (χ0v) is 17.6. The summed E-state index contributed by atoms with van der Waals surface area (Å²) in [5.41, 5.74) is 1.46. The van der Waals surface area contributed by atoms with Gasteiger partial charge in [-0.15, -0.1) is 0 Å². The van der Waals surface area contributed by atoms with Crippen molar-refractivity contribution in [3.63, 3.8) is 0 Å². The summed E-state index contributed by atoms with van der Waals surface area (Å²) in [5, 5.41) is 14.8. The fourth-order valence-corrected chi connectivity index (χ4v) is 3.67. The summed E-state index contributed by atoms with van der Waals surface area (Å²) < 4.78 is 19.7. The van der Waals surface area contributed by atoms with Crippen LogP contribution in [0.4, 0.5) is 10.1 Å². The number of nitrogens with zero attached hydrogens (tertiary/aromatic N) is 5. The van der Waals surface area contributed by atoms with Gasteiger partial charge in [0, 0.05) is 49.5 Å². The first-order chi connectivity index (χ1) is 16.2. The van der Waals surface area contributed by atoms with Crippen molar-refractivity contribution in [2.24, 2.45) is 9.98 Å². The van der Waals surface area contributed by atoms with Gasteiger partial charge in [-0.05, 0) is 29.7 Å². The van der Waals surface area contributed by atoms with E-state index < -0.39 is 0 Å². The maximum absolute atomic E-state index is 14.2. The van der Waals surface area contributed by atoms with E-state index in [9.17, 15) is 9.50 Å². The van der Waals surface area contributed by atoms with E-state index in [0.29, 0.717) is 22.3 Å². The van der Waals surface area contributed by atoms with Crippen molar-refractivity contribution in [3.05, 3.63) is 72.4 Å². The normalized spacial score (nSPS) is 14.9. The average Bonchev–Trinajstić information content (AvgIpc) is 3.23. The van der Waals surface area contributed by atoms with Gasteiger partial charge in [-0.3, -0.25) is 4.98 Å². The Morgan fingerprint density at radius 1 is 1.06 bits per heavy atom. The number of halogens is 1. The number of pyridine rings is 1. The first kappa shape index (κ1) is 20.8. The molecule has 1 saturated heterocycles. The second-order valence-corrected chi connectivity index (χ2v) is 7.46. The van der Waals surface area contributed by atoms with Crippen molar-refractivity contribution in [3.8, 4) is 17.4 Å². The number of hydrogen-bond acceptors (Lipinski definition) is 6. The molecule has 1 fully saturated rings. The smallest absolute Gasteiger partial charge is 0.312 e. The molecule has 0 amide bonds. The van der Waals surface area contributed by atoms with Crippen LogP contribution < -0.4 is 5.32 Å². The highest BCUT2D eigenvalue weighted by Gasteiger charge is 2.18. The summed E-state index contributed by atoms with van der Waals surface area (Å²) in [7, 11) is 0. The largest absolute Gasteiger partial charge is 0.479 e. The van der Waals surface area contributed by atoms with E-state index in [4.69, 9.17) is 4.42 Å². The number of aromatic nitrogens is 2. The Morgan fingerprint density at radius 3 is 2.61 bits per heavy atom. The highest BCUT2D eigenvalue weighted by Crippen LogP contribution is 2.32. The van der Waals surface area contributed by atoms with Gasteiger partial charge >= 0.3 is 5.95 Å². The van der Waals surface area contributed by atoms with Crippen molar-refractivity contribution in [2.45, 2.75) is 0 Å². The number of fused-ring (bicyclic) bond motifs is 1. The van der Waals surface area contributed by atoms with Gasteiger partial charge in [0.25, 0.3) is 0 Å². The lowest BCUT2D eigenvalue weighted by molar-refractivity contribution is 0.337. The van der Waals surface area contributed by atoms with Crippen LogP contribution in [0.15, 0.2) is 75.3 Å². The fourth-order valence-electron chi connectivity index (χ4n) is 3.67. The second kappa shape index (κ2) is 9.17. The Balaban J connectivity index is 1.49. The number of hydrogen-bond donors (Lipinski definition) is 2. The minimum absolute atomic E-state index is 0.163. The van der Waals surface area contributed by atoms with Crippen molar-refractivity contribution in [1.29, 1.82) is 0 Å². The molecule has 0 unspecified atom stereocenters. The molecule has 4 aromatic rings. The minimum atomic E-state index is -0.370. The first-order valence-electron chi connectivity index (χ1n) is 10.5. The SMILES string of the molecule is Oc1oc(-c2ccc(F)c3ccccc23)nc1C=NC(=Nc1ccncc1)N1CCNCC1. The summed E-state index contributed by atoms with van der Waals surface area (Å²) in [6, 6.07) is 13.6. The van der Waals surface area contributed by atoms with E-state index in [1.807, 2.05) is 6.07 Å². The number of guanidine groups is 1. The molecule has 1 aliphatic heterocycles. The quantitative estimate of drug-likeness (QED) is 0.369. The molecule has 33 heavy (non-hydrogen) atoms. The van der Waals surface area contributed by atoms with Crippen LogP contribution in [0.5, 0.6) is 5.95 Å². The second-order valence-electron chi connectivity index (χ2n) is 7.46. The Hall–Kier alpha value is -4.11. The van der Waals surface area contributed by atoms with Crippen molar-refractivity contribution in [1.82, 2.24) is 20.2 Å². The van der Waals surface area contributed by atoms with Crippen LogP contribution in [0.2, 0.25) is 0 Å². The van der Waals surface area contributed by atoms with Gasteiger partial charge in [-0.1, -0.05) is 24.3 Å². The summed E-state index contributed by atoms with van der Waals surface area (Å²) in [4.78, 5) is 19.6. The average molecular weight is 444 g/mol. The van der Waals surface area contributed by atoms with Crippen LogP contribution in [-0.2, 0) is 0 Å². The minimum Gasteiger partial charge on any atom is -0.479 e. The molecule has 166 valence electrons. The van der Waals surface area contributed by atoms with Crippen LogP contribution in [0.3, 0.4) is 0 Å². The van der Waals surface area contributed by atoms with Gasteiger partial charge in [-0.25, -0.2) is 19.4 Å². The highest BCUT2D eigenvalue weighted by molar-refractivity contribution is 5.97. The standard InChI is InChI=1S/C24H21FN6O2/c25-20-6-5-19(17-3-1-2-4-18(17)20)22-30-21(23(32)33-22)15-28-24(31-13-11-27-12-14-31)29-16-7-9-26-10-8-16/h1-10,15,27,32H,11-14H2. The number of rotatable bonds is 3. The van der Waals surface area contributed by atoms with Gasteiger partial charge < -0.3 is 19.7 Å². The van der Waals surface area contributed by atoms with Crippen molar-refractivity contribution >= 4 is 28.6 Å². The van der Waals surface area contributed by atoms with Crippen molar-refractivity contribution < 1.29 is 13.9 Å². The third-order valence-corrected chi connectivity index (χ3v) is 5.33. The van der Waals surface area contributed by atoms with Gasteiger partial charge in [0.1, 0.15) is 5.82 Å². The number of benzene rings is 2. The zero-order valence-electron chi connectivity index (χ0n) is 17.6. The number of aliphatic imine (C=N–C) groups is 2. The summed E-state index contributed by atoms with van der Waals surface area (Å²) in [5.74, 6) is -0.0237.